The van der Waals surface area contributed by atoms with Crippen molar-refractivity contribution < 1.29 is 4.79 Å². The van der Waals surface area contributed by atoms with Gasteiger partial charge in [0.15, 0.2) is 0 Å². The van der Waals surface area contributed by atoms with Crippen molar-refractivity contribution in [3.05, 3.63) is 80.8 Å². The van der Waals surface area contributed by atoms with Crippen LogP contribution in [-0.4, -0.2) is 15.9 Å². The van der Waals surface area contributed by atoms with E-state index in [2.05, 4.69) is 15.3 Å². The van der Waals surface area contributed by atoms with Gasteiger partial charge in [0.2, 0.25) is 0 Å². The first-order chi connectivity index (χ1) is 12.6. The molecular formula is C20H15N3O2S. The lowest BCUT2D eigenvalue weighted by atomic mass is 10.1. The Balaban J connectivity index is 1.84. The summed E-state index contributed by atoms with van der Waals surface area (Å²) in [6.45, 7) is 1.93. The number of anilines is 1. The van der Waals surface area contributed by atoms with Gasteiger partial charge in [0.25, 0.3) is 11.5 Å². The molecule has 0 spiro atoms. The van der Waals surface area contributed by atoms with Crippen LogP contribution in [0.15, 0.2) is 64.8 Å². The number of thiophene rings is 1. The number of aromatic nitrogens is 2. The second kappa shape index (κ2) is 6.57. The third-order valence-corrected chi connectivity index (χ3v) is 4.89. The highest BCUT2D eigenvalue weighted by Crippen LogP contribution is 2.27. The molecule has 0 aliphatic rings. The summed E-state index contributed by atoms with van der Waals surface area (Å²) in [7, 11) is 0. The molecule has 26 heavy (non-hydrogen) atoms. The topological polar surface area (TPSA) is 74.8 Å². The molecular weight excluding hydrogens is 346 g/mol. The Labute approximate surface area is 153 Å². The number of hydrogen-bond donors (Lipinski definition) is 2. The summed E-state index contributed by atoms with van der Waals surface area (Å²) in [5, 5.41) is 4.74. The highest BCUT2D eigenvalue weighted by Gasteiger charge is 2.15. The molecule has 0 aliphatic carbocycles. The van der Waals surface area contributed by atoms with E-state index < -0.39 is 0 Å². The SMILES string of the molecule is Cc1ccc(NC(=O)c2cccs2)c(-c2nc3ccccc3[nH]c2=O)c1. The number of amides is 1. The van der Waals surface area contributed by atoms with Gasteiger partial charge >= 0.3 is 0 Å². The van der Waals surface area contributed by atoms with Gasteiger partial charge in [-0.05, 0) is 42.6 Å². The molecule has 0 saturated carbocycles. The van der Waals surface area contributed by atoms with E-state index in [1.165, 1.54) is 11.3 Å². The highest BCUT2D eigenvalue weighted by molar-refractivity contribution is 7.12. The zero-order chi connectivity index (χ0) is 18.1. The lowest BCUT2D eigenvalue weighted by Gasteiger charge is -2.11. The summed E-state index contributed by atoms with van der Waals surface area (Å²) in [6.07, 6.45) is 0. The molecule has 128 valence electrons. The number of H-pyrrole nitrogens is 1. The molecule has 0 radical (unpaired) electrons. The van der Waals surface area contributed by atoms with Crippen LogP contribution in [-0.2, 0) is 0 Å². The number of nitrogens with zero attached hydrogens (tertiary/aromatic N) is 1. The molecule has 0 bridgehead atoms. The Morgan fingerprint density at radius 1 is 1.12 bits per heavy atom. The van der Waals surface area contributed by atoms with Crippen molar-refractivity contribution >= 4 is 34.0 Å². The van der Waals surface area contributed by atoms with Gasteiger partial charge in [0, 0.05) is 5.56 Å². The van der Waals surface area contributed by atoms with E-state index in [1.807, 2.05) is 54.8 Å². The monoisotopic (exact) mass is 361 g/mol. The third kappa shape index (κ3) is 3.02. The van der Waals surface area contributed by atoms with Crippen molar-refractivity contribution in [1.82, 2.24) is 9.97 Å². The van der Waals surface area contributed by atoms with Crippen LogP contribution in [0.2, 0.25) is 0 Å². The van der Waals surface area contributed by atoms with Crippen molar-refractivity contribution in [2.75, 3.05) is 5.32 Å². The Morgan fingerprint density at radius 2 is 1.96 bits per heavy atom. The number of fused-ring (bicyclic) bond motifs is 1. The summed E-state index contributed by atoms with van der Waals surface area (Å²) in [6, 6.07) is 16.5. The first kappa shape index (κ1) is 16.2. The Morgan fingerprint density at radius 3 is 2.77 bits per heavy atom. The van der Waals surface area contributed by atoms with E-state index in [4.69, 9.17) is 0 Å². The summed E-state index contributed by atoms with van der Waals surface area (Å²) in [4.78, 5) is 33.0. The van der Waals surface area contributed by atoms with Gasteiger partial charge in [-0.15, -0.1) is 11.3 Å². The van der Waals surface area contributed by atoms with Crippen LogP contribution < -0.4 is 10.9 Å². The minimum absolute atomic E-state index is 0.206. The molecule has 5 nitrogen and oxygen atoms in total. The number of aromatic amines is 1. The molecule has 2 heterocycles. The number of hydrogen-bond acceptors (Lipinski definition) is 4. The summed E-state index contributed by atoms with van der Waals surface area (Å²) in [5.74, 6) is -0.206. The van der Waals surface area contributed by atoms with Crippen LogP contribution in [0.5, 0.6) is 0 Å². The molecule has 4 aromatic rings. The molecule has 0 fully saturated rings. The van der Waals surface area contributed by atoms with Gasteiger partial charge < -0.3 is 10.3 Å². The predicted octanol–water partition coefficient (Wildman–Crippen LogP) is 4.21. The fourth-order valence-electron chi connectivity index (χ4n) is 2.77. The lowest BCUT2D eigenvalue weighted by Crippen LogP contribution is -2.15. The van der Waals surface area contributed by atoms with Crippen LogP contribution in [0.4, 0.5) is 5.69 Å². The molecule has 6 heteroatoms. The second-order valence-corrected chi connectivity index (χ2v) is 6.86. The summed E-state index contributed by atoms with van der Waals surface area (Å²) >= 11 is 1.36. The van der Waals surface area contributed by atoms with Gasteiger partial charge in [-0.25, -0.2) is 4.98 Å². The molecule has 2 N–H and O–H groups in total. The molecule has 0 atom stereocenters. The fourth-order valence-corrected chi connectivity index (χ4v) is 3.39. The summed E-state index contributed by atoms with van der Waals surface area (Å²) < 4.78 is 0. The number of carbonyl (C=O) groups excluding carboxylic acids is 1. The number of rotatable bonds is 3. The summed E-state index contributed by atoms with van der Waals surface area (Å²) in [5.41, 5.74) is 3.50. The minimum atomic E-state index is -0.291. The zero-order valence-electron chi connectivity index (χ0n) is 13.9. The van der Waals surface area contributed by atoms with Gasteiger partial charge in [-0.3, -0.25) is 9.59 Å². The molecule has 0 unspecified atom stereocenters. The van der Waals surface area contributed by atoms with E-state index >= 15 is 0 Å². The third-order valence-electron chi connectivity index (χ3n) is 4.02. The van der Waals surface area contributed by atoms with Crippen LogP contribution in [0, 0.1) is 6.92 Å². The highest BCUT2D eigenvalue weighted by atomic mass is 32.1. The van der Waals surface area contributed by atoms with Gasteiger partial charge in [-0.2, -0.15) is 0 Å². The predicted molar refractivity (Wildman–Crippen MR) is 105 cm³/mol. The van der Waals surface area contributed by atoms with Gasteiger partial charge in [0.1, 0.15) is 5.69 Å². The quantitative estimate of drug-likeness (QED) is 0.574. The zero-order valence-corrected chi connectivity index (χ0v) is 14.8. The first-order valence-corrected chi connectivity index (χ1v) is 8.95. The second-order valence-electron chi connectivity index (χ2n) is 5.91. The van der Waals surface area contributed by atoms with Crippen molar-refractivity contribution in [1.29, 1.82) is 0 Å². The average Bonchev–Trinajstić information content (AvgIpc) is 3.17. The van der Waals surface area contributed by atoms with E-state index in [0.717, 1.165) is 5.56 Å². The van der Waals surface area contributed by atoms with E-state index in [1.54, 1.807) is 12.1 Å². The molecule has 1 amide bonds. The number of para-hydroxylation sites is 2. The lowest BCUT2D eigenvalue weighted by molar-refractivity contribution is 0.103. The molecule has 4 rings (SSSR count). The molecule has 0 saturated heterocycles. The van der Waals surface area contributed by atoms with E-state index in [0.29, 0.717) is 27.2 Å². The molecule has 2 aromatic heterocycles. The maximum Gasteiger partial charge on any atom is 0.275 e. The Kier molecular flexibility index (Phi) is 4.10. The number of benzene rings is 2. The van der Waals surface area contributed by atoms with Crippen molar-refractivity contribution in [2.45, 2.75) is 6.92 Å². The Bertz CT molecular complexity index is 1160. The number of carbonyl (C=O) groups is 1. The number of nitrogens with one attached hydrogen (secondary N) is 2. The average molecular weight is 361 g/mol. The maximum atomic E-state index is 12.6. The van der Waals surface area contributed by atoms with Crippen LogP contribution >= 0.6 is 11.3 Å². The fraction of sp³-hybridized carbons (Fsp3) is 0.0500. The van der Waals surface area contributed by atoms with Crippen molar-refractivity contribution in [2.24, 2.45) is 0 Å². The van der Waals surface area contributed by atoms with Crippen molar-refractivity contribution in [3.63, 3.8) is 0 Å². The standard InChI is InChI=1S/C20H15N3O2S/c1-12-8-9-14(22-19(24)17-7-4-10-26-17)13(11-12)18-20(25)23-16-6-3-2-5-15(16)21-18/h2-11H,1H3,(H,22,24)(H,23,25). The maximum absolute atomic E-state index is 12.6. The van der Waals surface area contributed by atoms with Gasteiger partial charge in [-0.1, -0.05) is 29.8 Å². The van der Waals surface area contributed by atoms with Crippen LogP contribution in [0.1, 0.15) is 15.2 Å². The molecule has 0 aliphatic heterocycles. The molecule has 2 aromatic carbocycles. The van der Waals surface area contributed by atoms with Crippen LogP contribution in [0.3, 0.4) is 0 Å². The van der Waals surface area contributed by atoms with Crippen LogP contribution in [0.25, 0.3) is 22.3 Å². The Hall–Kier alpha value is -3.25. The first-order valence-electron chi connectivity index (χ1n) is 8.07. The van der Waals surface area contributed by atoms with Crippen molar-refractivity contribution in [3.8, 4) is 11.3 Å². The van der Waals surface area contributed by atoms with E-state index in [9.17, 15) is 9.59 Å². The number of aryl methyl sites for hydroxylation is 1. The largest absolute Gasteiger partial charge is 0.321 e. The van der Waals surface area contributed by atoms with E-state index in [-0.39, 0.29) is 17.2 Å². The van der Waals surface area contributed by atoms with Gasteiger partial charge in [0.05, 0.1) is 21.6 Å². The smallest absolute Gasteiger partial charge is 0.275 e. The normalized spacial score (nSPS) is 10.8. The minimum Gasteiger partial charge on any atom is -0.321 e.